The first kappa shape index (κ1) is 19.2. The number of rotatable bonds is 5. The van der Waals surface area contributed by atoms with Gasteiger partial charge in [0.05, 0.1) is 25.5 Å². The minimum Gasteiger partial charge on any atom is -0.496 e. The standard InChI is InChI=1S/C20H25NO3S/c1-20(2,3)13-7-10-17(23-4)16(11-13)21-19(22)15-9-8-14(25-6)12-18(15)24-5/h7-12H,1-6H3,(H,21,22). The molecule has 0 unspecified atom stereocenters. The highest BCUT2D eigenvalue weighted by molar-refractivity contribution is 7.98. The van der Waals surface area contributed by atoms with Crippen LogP contribution in [0, 0.1) is 0 Å². The van der Waals surface area contributed by atoms with Crippen LogP contribution in [-0.4, -0.2) is 26.4 Å². The molecular formula is C20H25NO3S. The normalized spacial score (nSPS) is 11.1. The van der Waals surface area contributed by atoms with E-state index >= 15 is 0 Å². The van der Waals surface area contributed by atoms with Crippen LogP contribution in [-0.2, 0) is 5.41 Å². The second-order valence-corrected chi connectivity index (χ2v) is 7.57. The van der Waals surface area contributed by atoms with Crippen molar-refractivity contribution in [3.05, 3.63) is 47.5 Å². The maximum atomic E-state index is 12.8. The third-order valence-electron chi connectivity index (χ3n) is 3.97. The lowest BCUT2D eigenvalue weighted by Gasteiger charge is -2.21. The zero-order chi connectivity index (χ0) is 18.6. The van der Waals surface area contributed by atoms with E-state index in [0.29, 0.717) is 22.7 Å². The number of carbonyl (C=O) groups is 1. The third-order valence-corrected chi connectivity index (χ3v) is 4.69. The lowest BCUT2D eigenvalue weighted by Crippen LogP contribution is -2.16. The summed E-state index contributed by atoms with van der Waals surface area (Å²) >= 11 is 1.60. The van der Waals surface area contributed by atoms with E-state index in [9.17, 15) is 4.79 Å². The summed E-state index contributed by atoms with van der Waals surface area (Å²) in [6.45, 7) is 6.39. The molecule has 25 heavy (non-hydrogen) atoms. The number of methoxy groups -OCH3 is 2. The lowest BCUT2D eigenvalue weighted by atomic mass is 9.87. The van der Waals surface area contributed by atoms with Crippen molar-refractivity contribution in [2.45, 2.75) is 31.1 Å². The monoisotopic (exact) mass is 359 g/mol. The molecule has 0 spiro atoms. The number of anilines is 1. The summed E-state index contributed by atoms with van der Waals surface area (Å²) in [4.78, 5) is 13.8. The Morgan fingerprint density at radius 3 is 2.24 bits per heavy atom. The molecule has 1 N–H and O–H groups in total. The molecule has 2 aromatic carbocycles. The number of hydrogen-bond acceptors (Lipinski definition) is 4. The summed E-state index contributed by atoms with van der Waals surface area (Å²) in [6, 6.07) is 11.4. The number of thioether (sulfide) groups is 1. The van der Waals surface area contributed by atoms with Crippen LogP contribution in [0.5, 0.6) is 11.5 Å². The highest BCUT2D eigenvalue weighted by Gasteiger charge is 2.19. The lowest BCUT2D eigenvalue weighted by molar-refractivity contribution is 0.102. The van der Waals surface area contributed by atoms with Crippen LogP contribution in [0.3, 0.4) is 0 Å². The molecule has 1 amide bonds. The quantitative estimate of drug-likeness (QED) is 0.765. The Morgan fingerprint density at radius 1 is 1.00 bits per heavy atom. The maximum Gasteiger partial charge on any atom is 0.259 e. The number of nitrogens with one attached hydrogen (secondary N) is 1. The first-order valence-electron chi connectivity index (χ1n) is 8.02. The molecule has 134 valence electrons. The topological polar surface area (TPSA) is 47.6 Å². The van der Waals surface area contributed by atoms with Crippen molar-refractivity contribution in [1.29, 1.82) is 0 Å². The number of ether oxygens (including phenoxy) is 2. The molecule has 0 aliphatic rings. The van der Waals surface area contributed by atoms with E-state index in [1.165, 1.54) is 0 Å². The van der Waals surface area contributed by atoms with Crippen molar-refractivity contribution in [1.82, 2.24) is 0 Å². The zero-order valence-electron chi connectivity index (χ0n) is 15.6. The van der Waals surface area contributed by atoms with Crippen LogP contribution in [0.25, 0.3) is 0 Å². The Morgan fingerprint density at radius 2 is 1.68 bits per heavy atom. The van der Waals surface area contributed by atoms with Gasteiger partial charge < -0.3 is 14.8 Å². The van der Waals surface area contributed by atoms with E-state index in [0.717, 1.165) is 10.5 Å². The Labute approximate surface area is 153 Å². The molecule has 2 rings (SSSR count). The summed E-state index contributed by atoms with van der Waals surface area (Å²) in [7, 11) is 3.16. The van der Waals surface area contributed by atoms with E-state index in [-0.39, 0.29) is 11.3 Å². The molecule has 2 aromatic rings. The van der Waals surface area contributed by atoms with E-state index in [1.807, 2.05) is 36.6 Å². The summed E-state index contributed by atoms with van der Waals surface area (Å²) < 4.78 is 10.8. The van der Waals surface area contributed by atoms with Gasteiger partial charge in [0.1, 0.15) is 11.5 Å². The van der Waals surface area contributed by atoms with Crippen molar-refractivity contribution >= 4 is 23.4 Å². The van der Waals surface area contributed by atoms with Crippen molar-refractivity contribution in [3.8, 4) is 11.5 Å². The summed E-state index contributed by atoms with van der Waals surface area (Å²) in [5.74, 6) is 0.949. The van der Waals surface area contributed by atoms with Crippen LogP contribution in [0.2, 0.25) is 0 Å². The second-order valence-electron chi connectivity index (χ2n) is 6.69. The molecule has 0 heterocycles. The summed E-state index contributed by atoms with van der Waals surface area (Å²) in [6.07, 6.45) is 1.98. The van der Waals surface area contributed by atoms with Gasteiger partial charge in [-0.3, -0.25) is 4.79 Å². The van der Waals surface area contributed by atoms with Crippen LogP contribution >= 0.6 is 11.8 Å². The molecule has 0 aromatic heterocycles. The first-order chi connectivity index (χ1) is 11.8. The predicted octanol–water partition coefficient (Wildman–Crippen LogP) is 4.98. The van der Waals surface area contributed by atoms with Gasteiger partial charge in [-0.25, -0.2) is 0 Å². The molecule has 4 nitrogen and oxygen atoms in total. The van der Waals surface area contributed by atoms with Gasteiger partial charge in [0.15, 0.2) is 0 Å². The Hall–Kier alpha value is -2.14. The van der Waals surface area contributed by atoms with Crippen molar-refractivity contribution in [2.24, 2.45) is 0 Å². The largest absolute Gasteiger partial charge is 0.496 e. The predicted molar refractivity (Wildman–Crippen MR) is 104 cm³/mol. The SMILES string of the molecule is COc1ccc(C(C)(C)C)cc1NC(=O)c1ccc(SC)cc1OC. The minimum atomic E-state index is -0.228. The highest BCUT2D eigenvalue weighted by atomic mass is 32.2. The van der Waals surface area contributed by atoms with Gasteiger partial charge in [-0.15, -0.1) is 11.8 Å². The Balaban J connectivity index is 2.37. The fourth-order valence-corrected chi connectivity index (χ4v) is 2.88. The Kier molecular flexibility index (Phi) is 6.01. The van der Waals surface area contributed by atoms with Gasteiger partial charge in [-0.1, -0.05) is 26.8 Å². The van der Waals surface area contributed by atoms with Crippen LogP contribution in [0.4, 0.5) is 5.69 Å². The van der Waals surface area contributed by atoms with Gasteiger partial charge in [-0.2, -0.15) is 0 Å². The minimum absolute atomic E-state index is 0.0244. The zero-order valence-corrected chi connectivity index (χ0v) is 16.4. The Bertz CT molecular complexity index is 766. The molecule has 0 saturated heterocycles. The van der Waals surface area contributed by atoms with Crippen molar-refractivity contribution in [2.75, 3.05) is 25.8 Å². The summed E-state index contributed by atoms with van der Waals surface area (Å²) in [5.41, 5.74) is 2.23. The van der Waals surface area contributed by atoms with E-state index in [1.54, 1.807) is 32.0 Å². The van der Waals surface area contributed by atoms with E-state index in [2.05, 4.69) is 26.1 Å². The molecule has 0 fully saturated rings. The molecule has 0 aliphatic carbocycles. The van der Waals surface area contributed by atoms with Crippen LogP contribution in [0.15, 0.2) is 41.3 Å². The van der Waals surface area contributed by atoms with Gasteiger partial charge in [0.25, 0.3) is 5.91 Å². The molecule has 0 radical (unpaired) electrons. The molecule has 0 bridgehead atoms. The maximum absolute atomic E-state index is 12.8. The van der Waals surface area contributed by atoms with Gasteiger partial charge >= 0.3 is 0 Å². The van der Waals surface area contributed by atoms with Crippen molar-refractivity contribution < 1.29 is 14.3 Å². The number of benzene rings is 2. The van der Waals surface area contributed by atoms with E-state index < -0.39 is 0 Å². The van der Waals surface area contributed by atoms with E-state index in [4.69, 9.17) is 9.47 Å². The average Bonchev–Trinajstić information content (AvgIpc) is 2.60. The van der Waals surface area contributed by atoms with Crippen molar-refractivity contribution in [3.63, 3.8) is 0 Å². The van der Waals surface area contributed by atoms with Crippen LogP contribution < -0.4 is 14.8 Å². The van der Waals surface area contributed by atoms with Gasteiger partial charge in [0.2, 0.25) is 0 Å². The first-order valence-corrected chi connectivity index (χ1v) is 9.24. The fraction of sp³-hybridized carbons (Fsp3) is 0.350. The highest BCUT2D eigenvalue weighted by Crippen LogP contribution is 2.32. The number of carbonyl (C=O) groups excluding carboxylic acids is 1. The third kappa shape index (κ3) is 4.48. The fourth-order valence-electron chi connectivity index (χ4n) is 2.45. The van der Waals surface area contributed by atoms with Gasteiger partial charge in [0, 0.05) is 4.90 Å². The summed E-state index contributed by atoms with van der Waals surface area (Å²) in [5, 5.41) is 2.95. The molecule has 0 saturated carbocycles. The number of amides is 1. The molecule has 0 aliphatic heterocycles. The van der Waals surface area contributed by atoms with Gasteiger partial charge in [-0.05, 0) is 47.6 Å². The molecular weight excluding hydrogens is 334 g/mol. The second kappa shape index (κ2) is 7.83. The number of hydrogen-bond donors (Lipinski definition) is 1. The van der Waals surface area contributed by atoms with Crippen LogP contribution in [0.1, 0.15) is 36.7 Å². The average molecular weight is 359 g/mol. The molecule has 0 atom stereocenters. The smallest absolute Gasteiger partial charge is 0.259 e. The molecule has 5 heteroatoms.